The lowest BCUT2D eigenvalue weighted by Crippen LogP contribution is -2.01. The first-order valence-corrected chi connectivity index (χ1v) is 18.6. The molecule has 56 heavy (non-hydrogen) atoms. The highest BCUT2D eigenvalue weighted by Gasteiger charge is 2.20. The molecule has 0 amide bonds. The van der Waals surface area contributed by atoms with Crippen LogP contribution in [0.2, 0.25) is 0 Å². The van der Waals surface area contributed by atoms with E-state index in [1.54, 1.807) is 0 Å². The molecule has 0 atom stereocenters. The van der Waals surface area contributed by atoms with Crippen molar-refractivity contribution >= 4 is 76.1 Å². The molecule has 0 saturated heterocycles. The number of oxazole rings is 1. The minimum absolute atomic E-state index is 0.573. The van der Waals surface area contributed by atoms with Crippen LogP contribution >= 0.6 is 0 Å². The summed E-state index contributed by atoms with van der Waals surface area (Å²) in [6, 6.07) is 58.3. The molecule has 6 nitrogen and oxygen atoms in total. The van der Waals surface area contributed by atoms with Crippen molar-refractivity contribution in [3.05, 3.63) is 170 Å². The standard InChI is InChI=1S/C50H28N4O2/c1-2-11-31(12-3-1)50-51-46-43(56-50)25-24-42-45(46)44-39-28-35(21-19-30(39)22-23-41(44)55-42)48-52-47(34-20-18-29-10-4-5-13-32(29)26-34)53-49(54-48)40-27-33-14-6-7-15-36(33)37-16-8-9-17-38(37)40/h1-28H. The van der Waals surface area contributed by atoms with Crippen molar-refractivity contribution in [3.63, 3.8) is 0 Å². The van der Waals surface area contributed by atoms with Crippen molar-refractivity contribution < 1.29 is 8.83 Å². The Kier molecular flexibility index (Phi) is 6.53. The molecule has 12 rings (SSSR count). The molecule has 0 radical (unpaired) electrons. The Balaban J connectivity index is 1.11. The quantitative estimate of drug-likeness (QED) is 0.169. The van der Waals surface area contributed by atoms with Crippen LogP contribution in [-0.4, -0.2) is 19.9 Å². The van der Waals surface area contributed by atoms with E-state index in [1.807, 2.05) is 48.5 Å². The summed E-state index contributed by atoms with van der Waals surface area (Å²) in [6.45, 7) is 0. The van der Waals surface area contributed by atoms with E-state index < -0.39 is 0 Å². The Hall–Kier alpha value is -7.70. The first kappa shape index (κ1) is 30.7. The van der Waals surface area contributed by atoms with E-state index in [-0.39, 0.29) is 0 Å². The Morgan fingerprint density at radius 2 is 0.929 bits per heavy atom. The van der Waals surface area contributed by atoms with Crippen molar-refractivity contribution in [3.8, 4) is 45.6 Å². The van der Waals surface area contributed by atoms with Gasteiger partial charge in [-0.3, -0.25) is 0 Å². The third-order valence-electron chi connectivity index (χ3n) is 10.9. The third kappa shape index (κ3) is 4.76. The molecule has 9 aromatic carbocycles. The van der Waals surface area contributed by atoms with Gasteiger partial charge >= 0.3 is 0 Å². The molecule has 0 saturated carbocycles. The van der Waals surface area contributed by atoms with Gasteiger partial charge in [-0.2, -0.15) is 0 Å². The van der Waals surface area contributed by atoms with Gasteiger partial charge < -0.3 is 8.83 Å². The lowest BCUT2D eigenvalue weighted by Gasteiger charge is -2.13. The number of rotatable bonds is 4. The summed E-state index contributed by atoms with van der Waals surface area (Å²) in [5, 5.41) is 10.8. The summed E-state index contributed by atoms with van der Waals surface area (Å²) in [4.78, 5) is 20.7. The Bertz CT molecular complexity index is 3550. The SMILES string of the molecule is c1ccc(-c2nc3c(ccc4oc5ccc6ccc(-c7nc(-c8ccc9ccccc9c8)nc(-c8cc9ccccc9c9ccccc89)n7)cc6c5c43)o2)cc1. The first-order chi connectivity index (χ1) is 27.7. The highest BCUT2D eigenvalue weighted by Crippen LogP contribution is 2.41. The number of nitrogens with zero attached hydrogens (tertiary/aromatic N) is 4. The van der Waals surface area contributed by atoms with Crippen molar-refractivity contribution in [2.45, 2.75) is 0 Å². The molecule has 0 aliphatic carbocycles. The van der Waals surface area contributed by atoms with Crippen LogP contribution in [0.25, 0.3) is 122 Å². The van der Waals surface area contributed by atoms with Gasteiger partial charge in [-0.1, -0.05) is 121 Å². The molecular formula is C50H28N4O2. The minimum Gasteiger partial charge on any atom is -0.456 e. The van der Waals surface area contributed by atoms with E-state index >= 15 is 0 Å². The highest BCUT2D eigenvalue weighted by molar-refractivity contribution is 6.25. The molecule has 0 spiro atoms. The third-order valence-corrected chi connectivity index (χ3v) is 10.9. The van der Waals surface area contributed by atoms with Gasteiger partial charge in [0.1, 0.15) is 16.7 Å². The zero-order chi connectivity index (χ0) is 36.7. The molecule has 0 aliphatic heterocycles. The predicted molar refractivity (Wildman–Crippen MR) is 226 cm³/mol. The molecule has 0 aliphatic rings. The number of furan rings is 1. The fourth-order valence-electron chi connectivity index (χ4n) is 8.23. The maximum atomic E-state index is 6.47. The molecule has 6 heteroatoms. The van der Waals surface area contributed by atoms with Gasteiger partial charge in [0.2, 0.25) is 5.89 Å². The molecule has 260 valence electrons. The zero-order valence-electron chi connectivity index (χ0n) is 29.8. The molecule has 0 fully saturated rings. The normalized spacial score (nSPS) is 11.9. The van der Waals surface area contributed by atoms with Gasteiger partial charge in [-0.25, -0.2) is 19.9 Å². The average molecular weight is 717 g/mol. The molecule has 0 N–H and O–H groups in total. The maximum absolute atomic E-state index is 6.47. The summed E-state index contributed by atoms with van der Waals surface area (Å²) >= 11 is 0. The predicted octanol–water partition coefficient (Wildman–Crippen LogP) is 13.2. The van der Waals surface area contributed by atoms with Crippen LogP contribution in [0.5, 0.6) is 0 Å². The monoisotopic (exact) mass is 716 g/mol. The summed E-state index contributed by atoms with van der Waals surface area (Å²) in [7, 11) is 0. The Labute approximate surface area is 319 Å². The molecule has 0 bridgehead atoms. The van der Waals surface area contributed by atoms with Crippen molar-refractivity contribution in [1.82, 2.24) is 19.9 Å². The van der Waals surface area contributed by atoms with Crippen molar-refractivity contribution in [1.29, 1.82) is 0 Å². The van der Waals surface area contributed by atoms with Crippen LogP contribution in [-0.2, 0) is 0 Å². The van der Waals surface area contributed by atoms with E-state index in [1.165, 1.54) is 5.39 Å². The van der Waals surface area contributed by atoms with E-state index in [2.05, 4.69) is 121 Å². The highest BCUT2D eigenvalue weighted by atomic mass is 16.4. The van der Waals surface area contributed by atoms with Gasteiger partial charge in [-0.15, -0.1) is 0 Å². The van der Waals surface area contributed by atoms with E-state index in [0.29, 0.717) is 28.9 Å². The number of aromatic nitrogens is 4. The largest absolute Gasteiger partial charge is 0.456 e. The van der Waals surface area contributed by atoms with E-state index in [9.17, 15) is 0 Å². The fraction of sp³-hybridized carbons (Fsp3) is 0. The Morgan fingerprint density at radius 3 is 1.77 bits per heavy atom. The second-order valence-corrected chi connectivity index (χ2v) is 14.2. The van der Waals surface area contributed by atoms with Crippen LogP contribution in [0.4, 0.5) is 0 Å². The van der Waals surface area contributed by atoms with Crippen LogP contribution < -0.4 is 0 Å². The van der Waals surface area contributed by atoms with Gasteiger partial charge in [-0.05, 0) is 91.6 Å². The average Bonchev–Trinajstić information content (AvgIpc) is 3.88. The van der Waals surface area contributed by atoms with E-state index in [0.717, 1.165) is 87.4 Å². The minimum atomic E-state index is 0.573. The summed E-state index contributed by atoms with van der Waals surface area (Å²) in [5.74, 6) is 2.38. The van der Waals surface area contributed by atoms with Gasteiger partial charge in [0.25, 0.3) is 0 Å². The number of fused-ring (bicyclic) bond motifs is 11. The van der Waals surface area contributed by atoms with Gasteiger partial charge in [0.05, 0.1) is 5.39 Å². The second kappa shape index (κ2) is 11.9. The molecule has 0 unspecified atom stereocenters. The second-order valence-electron chi connectivity index (χ2n) is 14.2. The summed E-state index contributed by atoms with van der Waals surface area (Å²) in [5.41, 5.74) is 6.66. The van der Waals surface area contributed by atoms with Crippen LogP contribution in [0.3, 0.4) is 0 Å². The molecule has 12 aromatic rings. The topological polar surface area (TPSA) is 77.8 Å². The summed E-state index contributed by atoms with van der Waals surface area (Å²) < 4.78 is 12.8. The van der Waals surface area contributed by atoms with Gasteiger partial charge in [0, 0.05) is 27.6 Å². The molecule has 3 heterocycles. The lowest BCUT2D eigenvalue weighted by molar-refractivity contribution is 0.619. The zero-order valence-corrected chi connectivity index (χ0v) is 29.8. The van der Waals surface area contributed by atoms with Gasteiger partial charge in [0.15, 0.2) is 23.1 Å². The van der Waals surface area contributed by atoms with Crippen molar-refractivity contribution in [2.75, 3.05) is 0 Å². The van der Waals surface area contributed by atoms with E-state index in [4.69, 9.17) is 28.8 Å². The maximum Gasteiger partial charge on any atom is 0.227 e. The first-order valence-electron chi connectivity index (χ1n) is 18.6. The lowest BCUT2D eigenvalue weighted by atomic mass is 9.96. The number of benzene rings is 9. The summed E-state index contributed by atoms with van der Waals surface area (Å²) in [6.07, 6.45) is 0. The molecule has 3 aromatic heterocycles. The van der Waals surface area contributed by atoms with Crippen molar-refractivity contribution in [2.24, 2.45) is 0 Å². The molecular weight excluding hydrogens is 689 g/mol. The number of hydrogen-bond acceptors (Lipinski definition) is 6. The smallest absolute Gasteiger partial charge is 0.227 e. The number of hydrogen-bond donors (Lipinski definition) is 0. The van der Waals surface area contributed by atoms with Crippen LogP contribution in [0, 0.1) is 0 Å². The Morgan fingerprint density at radius 1 is 0.321 bits per heavy atom. The van der Waals surface area contributed by atoms with Crippen LogP contribution in [0.15, 0.2) is 179 Å². The fourth-order valence-corrected chi connectivity index (χ4v) is 8.23. The van der Waals surface area contributed by atoms with Crippen LogP contribution in [0.1, 0.15) is 0 Å².